The van der Waals surface area contributed by atoms with Crippen LogP contribution in [-0.4, -0.2) is 125 Å². The van der Waals surface area contributed by atoms with Crippen molar-refractivity contribution < 1.29 is 34.2 Å². The van der Waals surface area contributed by atoms with E-state index >= 15 is 0 Å². The second-order valence-corrected chi connectivity index (χ2v) is 15.0. The number of aliphatic hydroxyl groups is 1. The molecule has 17 heteroatoms. The zero-order valence-electron chi connectivity index (χ0n) is 21.1. The van der Waals surface area contributed by atoms with Gasteiger partial charge in [0.2, 0.25) is 12.8 Å². The Hall–Kier alpha value is 0.540. The molecule has 218 valence electrons. The molecule has 0 aromatic carbocycles. The summed E-state index contributed by atoms with van der Waals surface area (Å²) < 4.78 is 5.19. The number of thioether (sulfide) groups is 7. The van der Waals surface area contributed by atoms with Gasteiger partial charge in [0.1, 0.15) is 19.8 Å². The summed E-state index contributed by atoms with van der Waals surface area (Å²) in [5, 5.41) is 15.2. The third-order valence-corrected chi connectivity index (χ3v) is 11.1. The van der Waals surface area contributed by atoms with Crippen molar-refractivity contribution in [1.29, 1.82) is 0 Å². The molecule has 0 heterocycles. The van der Waals surface area contributed by atoms with Gasteiger partial charge in [0, 0.05) is 55.6 Å². The van der Waals surface area contributed by atoms with Gasteiger partial charge in [-0.15, -0.1) is 70.6 Å². The third kappa shape index (κ3) is 34.5. The normalized spacial score (nSPS) is 11.4. The predicted molar refractivity (Wildman–Crippen MR) is 170 cm³/mol. The fourth-order valence-corrected chi connectivity index (χ4v) is 8.41. The van der Waals surface area contributed by atoms with Crippen molar-refractivity contribution in [2.24, 2.45) is 9.98 Å². The first kappa shape index (κ1) is 37.5. The van der Waals surface area contributed by atoms with E-state index in [2.05, 4.69) is 25.1 Å². The van der Waals surface area contributed by atoms with E-state index in [1.807, 2.05) is 41.5 Å². The molecular formula is C20H39N3O7S7. The van der Waals surface area contributed by atoms with Gasteiger partial charge in [-0.3, -0.25) is 9.98 Å². The quantitative estimate of drug-likeness (QED) is 0.0298. The fraction of sp³-hybridized carbons (Fsp3) is 0.850. The van der Waals surface area contributed by atoms with Crippen molar-refractivity contribution in [3.63, 3.8) is 0 Å². The van der Waals surface area contributed by atoms with Gasteiger partial charge >= 0.3 is 6.09 Å². The summed E-state index contributed by atoms with van der Waals surface area (Å²) in [6.07, 6.45) is 4.28. The maximum atomic E-state index is 11.7. The SMILES string of the molecule is CSCCOOC=NCCSCSCSCCNC(=O)OCCSCSCSCCN=COOCCO. The highest BCUT2D eigenvalue weighted by Gasteiger charge is 2.01. The standard InChI is InChI=1S/C20H39N3O7S7/c1-31-12-8-28-30-15-22-3-10-32-16-36-18-34-11-4-23-20(25)26-7-13-35-19-37-17-33-9-2-21-14-29-27-6-5-24/h14-15,24H,2-13,16-19H2,1H3,(H,23,25). The number of aliphatic imine (C=N–C) groups is 2. The topological polar surface area (TPSA) is 120 Å². The third-order valence-electron chi connectivity index (χ3n) is 3.29. The van der Waals surface area contributed by atoms with Crippen LogP contribution in [0.2, 0.25) is 0 Å². The van der Waals surface area contributed by atoms with Crippen LogP contribution in [0.4, 0.5) is 4.79 Å². The first-order valence-electron chi connectivity index (χ1n) is 11.3. The fourth-order valence-electron chi connectivity index (χ4n) is 1.72. The average molecular weight is 658 g/mol. The summed E-state index contributed by atoms with van der Waals surface area (Å²) in [6.45, 7) is 3.01. The van der Waals surface area contributed by atoms with Crippen molar-refractivity contribution in [3.8, 4) is 0 Å². The summed E-state index contributed by atoms with van der Waals surface area (Å²) in [7, 11) is 0. The molecule has 0 spiro atoms. The number of alkyl carbamates (subject to hydrolysis) is 1. The lowest BCUT2D eigenvalue weighted by molar-refractivity contribution is -0.221. The van der Waals surface area contributed by atoms with Gasteiger partial charge < -0.3 is 24.9 Å². The Labute approximate surface area is 250 Å². The number of amides is 1. The van der Waals surface area contributed by atoms with E-state index in [1.165, 1.54) is 12.8 Å². The molecule has 1 amide bonds. The number of nitrogens with zero attached hydrogens (tertiary/aromatic N) is 2. The lowest BCUT2D eigenvalue weighted by Gasteiger charge is -2.07. The Bertz CT molecular complexity index is 545. The minimum absolute atomic E-state index is 0.0806. The van der Waals surface area contributed by atoms with Crippen molar-refractivity contribution in [2.45, 2.75) is 0 Å². The van der Waals surface area contributed by atoms with E-state index in [9.17, 15) is 4.79 Å². The molecule has 0 aliphatic heterocycles. The summed E-state index contributed by atoms with van der Waals surface area (Å²) in [6, 6.07) is 0. The number of hydrogen-bond acceptors (Lipinski definition) is 16. The maximum absolute atomic E-state index is 11.7. The van der Waals surface area contributed by atoms with Gasteiger partial charge in [0.25, 0.3) is 0 Å². The summed E-state index contributed by atoms with van der Waals surface area (Å²) >= 11 is 12.6. The molecule has 2 N–H and O–H groups in total. The molecule has 0 aromatic rings. The molecule has 10 nitrogen and oxygen atoms in total. The Balaban J connectivity index is 3.21. The minimum atomic E-state index is -0.349. The molecule has 0 fully saturated rings. The second-order valence-electron chi connectivity index (χ2n) is 6.15. The highest BCUT2D eigenvalue weighted by Crippen LogP contribution is 2.18. The molecule has 0 saturated heterocycles. The zero-order valence-corrected chi connectivity index (χ0v) is 26.8. The highest BCUT2D eigenvalue weighted by atomic mass is 32.2. The second kappa shape index (κ2) is 34.6. The molecule has 37 heavy (non-hydrogen) atoms. The number of hydrogen-bond donors (Lipinski definition) is 2. The molecular weight excluding hydrogens is 619 g/mol. The number of nitrogens with one attached hydrogen (secondary N) is 1. The predicted octanol–water partition coefficient (Wildman–Crippen LogP) is 4.25. The number of ether oxygens (including phenoxy) is 1. The van der Waals surface area contributed by atoms with Gasteiger partial charge in [0.15, 0.2) is 0 Å². The number of carbonyl (C=O) groups excluding carboxylic acids is 1. The zero-order chi connectivity index (χ0) is 26.9. The van der Waals surface area contributed by atoms with Crippen molar-refractivity contribution in [2.75, 3.05) is 101 Å². The minimum Gasteiger partial charge on any atom is -0.449 e. The Morgan fingerprint density at radius 2 is 1.32 bits per heavy atom. The summed E-state index contributed by atoms with van der Waals surface area (Å²) in [4.78, 5) is 38.8. The van der Waals surface area contributed by atoms with Gasteiger partial charge in [-0.2, -0.15) is 21.5 Å². The lowest BCUT2D eigenvalue weighted by Crippen LogP contribution is -2.27. The molecule has 0 bridgehead atoms. The summed E-state index contributed by atoms with van der Waals surface area (Å²) in [5.41, 5.74) is 0. The molecule has 0 unspecified atom stereocenters. The monoisotopic (exact) mass is 657 g/mol. The molecule has 0 aromatic heterocycles. The van der Waals surface area contributed by atoms with Crippen LogP contribution >= 0.6 is 82.3 Å². The Morgan fingerprint density at radius 3 is 1.92 bits per heavy atom. The van der Waals surface area contributed by atoms with Crippen LogP contribution in [0.1, 0.15) is 0 Å². The molecule has 0 saturated carbocycles. The molecule has 0 radical (unpaired) electrons. The Kier molecular flexibility index (Phi) is 35.1. The molecule has 0 aliphatic rings. The van der Waals surface area contributed by atoms with E-state index in [0.717, 1.165) is 49.1 Å². The van der Waals surface area contributed by atoms with E-state index in [4.69, 9.17) is 19.6 Å². The van der Waals surface area contributed by atoms with Gasteiger partial charge in [-0.25, -0.2) is 4.79 Å². The lowest BCUT2D eigenvalue weighted by atomic mass is 10.7. The smallest absolute Gasteiger partial charge is 0.407 e. The van der Waals surface area contributed by atoms with E-state index in [1.54, 1.807) is 47.0 Å². The van der Waals surface area contributed by atoms with Crippen LogP contribution in [-0.2, 0) is 24.3 Å². The Morgan fingerprint density at radius 1 is 0.757 bits per heavy atom. The van der Waals surface area contributed by atoms with Crippen LogP contribution in [0.25, 0.3) is 0 Å². The molecule has 0 rings (SSSR count). The van der Waals surface area contributed by atoms with Crippen molar-refractivity contribution in [1.82, 2.24) is 5.32 Å². The van der Waals surface area contributed by atoms with Gasteiger partial charge in [-0.1, -0.05) is 0 Å². The molecule has 0 atom stereocenters. The van der Waals surface area contributed by atoms with Crippen LogP contribution in [0, 0.1) is 0 Å². The average Bonchev–Trinajstić information content (AvgIpc) is 2.90. The van der Waals surface area contributed by atoms with E-state index in [-0.39, 0.29) is 19.3 Å². The summed E-state index contributed by atoms with van der Waals surface area (Å²) in [5.74, 6) is 4.40. The van der Waals surface area contributed by atoms with Crippen molar-refractivity contribution in [3.05, 3.63) is 0 Å². The van der Waals surface area contributed by atoms with Crippen LogP contribution in [0.3, 0.4) is 0 Å². The largest absolute Gasteiger partial charge is 0.449 e. The molecule has 0 aliphatic carbocycles. The van der Waals surface area contributed by atoms with Gasteiger partial charge in [0.05, 0.1) is 19.7 Å². The van der Waals surface area contributed by atoms with Gasteiger partial charge in [-0.05, 0) is 6.26 Å². The van der Waals surface area contributed by atoms with Crippen LogP contribution < -0.4 is 5.32 Å². The van der Waals surface area contributed by atoms with Crippen LogP contribution in [0.15, 0.2) is 9.98 Å². The highest BCUT2D eigenvalue weighted by molar-refractivity contribution is 8.23. The maximum Gasteiger partial charge on any atom is 0.407 e. The number of carbonyl (C=O) groups is 1. The first-order valence-corrected chi connectivity index (χ1v) is 19.6. The van der Waals surface area contributed by atoms with E-state index < -0.39 is 0 Å². The first-order chi connectivity index (χ1) is 18.3. The van der Waals surface area contributed by atoms with Crippen molar-refractivity contribution >= 4 is 101 Å². The van der Waals surface area contributed by atoms with E-state index in [0.29, 0.717) is 32.8 Å². The number of aliphatic hydroxyl groups excluding tert-OH is 1. The number of rotatable bonds is 29. The van der Waals surface area contributed by atoms with Crippen LogP contribution in [0.5, 0.6) is 0 Å².